The Morgan fingerprint density at radius 1 is 1.19 bits per heavy atom. The Morgan fingerprint density at radius 2 is 1.93 bits per heavy atom. The van der Waals surface area contributed by atoms with E-state index in [1.165, 1.54) is 17.8 Å². The molecule has 2 heterocycles. The van der Waals surface area contributed by atoms with Crippen molar-refractivity contribution < 1.29 is 9.18 Å². The van der Waals surface area contributed by atoms with Gasteiger partial charge in [0.15, 0.2) is 0 Å². The number of benzene rings is 2. The molecule has 4 nitrogen and oxygen atoms in total. The van der Waals surface area contributed by atoms with Crippen LogP contribution >= 0.6 is 23.4 Å². The summed E-state index contributed by atoms with van der Waals surface area (Å²) in [6.07, 6.45) is 0.0857. The van der Waals surface area contributed by atoms with E-state index in [2.05, 4.69) is 6.07 Å². The standard InChI is InChI=1S/C20H15ClFN3OS/c21-13-5-7-14(8-6-13)24-11-25-19(26)9-16(15-3-1-2-4-18(15)22)17(10-23)20(25)27-12-24/h1-8,16H,9,11-12H2/t16-/m1/s1. The van der Waals surface area contributed by atoms with Crippen LogP contribution in [-0.4, -0.2) is 23.4 Å². The van der Waals surface area contributed by atoms with Crippen LogP contribution in [0.25, 0.3) is 0 Å². The Balaban J connectivity index is 1.68. The smallest absolute Gasteiger partial charge is 0.229 e. The Morgan fingerprint density at radius 3 is 2.63 bits per heavy atom. The number of hydrogen-bond donors (Lipinski definition) is 0. The molecule has 136 valence electrons. The topological polar surface area (TPSA) is 47.3 Å². The summed E-state index contributed by atoms with van der Waals surface area (Å²) in [6.45, 7) is 0.359. The molecule has 0 aliphatic carbocycles. The third-order valence-corrected chi connectivity index (χ3v) is 6.17. The van der Waals surface area contributed by atoms with E-state index in [-0.39, 0.29) is 18.1 Å². The molecule has 1 saturated heterocycles. The minimum Gasteiger partial charge on any atom is -0.344 e. The number of nitrogens with zero attached hydrogens (tertiary/aromatic N) is 3. The van der Waals surface area contributed by atoms with E-state index >= 15 is 0 Å². The number of amides is 1. The number of carbonyl (C=O) groups is 1. The molecule has 27 heavy (non-hydrogen) atoms. The van der Waals surface area contributed by atoms with Crippen molar-refractivity contribution in [3.05, 3.63) is 75.5 Å². The number of halogens is 2. The van der Waals surface area contributed by atoms with E-state index in [1.807, 2.05) is 17.0 Å². The fourth-order valence-corrected chi connectivity index (χ4v) is 4.69. The van der Waals surface area contributed by atoms with Gasteiger partial charge in [-0.25, -0.2) is 4.39 Å². The largest absolute Gasteiger partial charge is 0.344 e. The van der Waals surface area contributed by atoms with Crippen LogP contribution in [0.5, 0.6) is 0 Å². The van der Waals surface area contributed by atoms with Gasteiger partial charge in [0, 0.05) is 23.0 Å². The van der Waals surface area contributed by atoms with Crippen LogP contribution in [0, 0.1) is 17.1 Å². The Labute approximate surface area is 165 Å². The quantitative estimate of drug-likeness (QED) is 0.734. The summed E-state index contributed by atoms with van der Waals surface area (Å²) in [5.74, 6) is -0.440. The number of hydrogen-bond acceptors (Lipinski definition) is 4. The molecular formula is C20H15ClFN3OS. The van der Waals surface area contributed by atoms with Gasteiger partial charge in [0.2, 0.25) is 5.91 Å². The first-order valence-electron chi connectivity index (χ1n) is 8.41. The zero-order valence-electron chi connectivity index (χ0n) is 14.2. The Kier molecular flexibility index (Phi) is 4.81. The lowest BCUT2D eigenvalue weighted by Crippen LogP contribution is -2.47. The minimum absolute atomic E-state index is 0.0857. The Hall–Kier alpha value is -2.49. The highest BCUT2D eigenvalue weighted by Crippen LogP contribution is 2.43. The lowest BCUT2D eigenvalue weighted by molar-refractivity contribution is -0.129. The molecule has 0 N–H and O–H groups in total. The average molecular weight is 400 g/mol. The van der Waals surface area contributed by atoms with Crippen LogP contribution in [0.1, 0.15) is 17.9 Å². The highest BCUT2D eigenvalue weighted by atomic mass is 35.5. The maximum atomic E-state index is 14.3. The monoisotopic (exact) mass is 399 g/mol. The summed E-state index contributed by atoms with van der Waals surface area (Å²) >= 11 is 7.37. The normalized spacial score (nSPS) is 19.7. The van der Waals surface area contributed by atoms with E-state index in [0.717, 1.165) is 5.69 Å². The zero-order valence-corrected chi connectivity index (χ0v) is 15.8. The first-order valence-corrected chi connectivity index (χ1v) is 9.77. The fourth-order valence-electron chi connectivity index (χ4n) is 3.40. The maximum Gasteiger partial charge on any atom is 0.229 e. The van der Waals surface area contributed by atoms with Crippen LogP contribution in [0.4, 0.5) is 10.1 Å². The van der Waals surface area contributed by atoms with Crippen molar-refractivity contribution >= 4 is 35.0 Å². The van der Waals surface area contributed by atoms with Crippen molar-refractivity contribution in [3.8, 4) is 6.07 Å². The van der Waals surface area contributed by atoms with Gasteiger partial charge in [-0.2, -0.15) is 5.26 Å². The van der Waals surface area contributed by atoms with E-state index in [0.29, 0.717) is 33.7 Å². The molecule has 0 spiro atoms. The maximum absolute atomic E-state index is 14.3. The molecule has 0 saturated carbocycles. The molecule has 1 atom stereocenters. The van der Waals surface area contributed by atoms with Crippen molar-refractivity contribution in [3.63, 3.8) is 0 Å². The molecule has 0 radical (unpaired) electrons. The van der Waals surface area contributed by atoms with Crippen molar-refractivity contribution in [2.24, 2.45) is 0 Å². The van der Waals surface area contributed by atoms with Gasteiger partial charge < -0.3 is 4.90 Å². The molecule has 7 heteroatoms. The van der Waals surface area contributed by atoms with Crippen molar-refractivity contribution in [2.45, 2.75) is 12.3 Å². The second-order valence-corrected chi connectivity index (χ2v) is 7.73. The van der Waals surface area contributed by atoms with Gasteiger partial charge in [-0.05, 0) is 35.9 Å². The molecule has 2 aromatic carbocycles. The van der Waals surface area contributed by atoms with Crippen molar-refractivity contribution in [2.75, 3.05) is 17.4 Å². The van der Waals surface area contributed by atoms with Gasteiger partial charge in [-0.3, -0.25) is 9.69 Å². The predicted octanol–water partition coefficient (Wildman–Crippen LogP) is 4.70. The Bertz CT molecular complexity index is 970. The van der Waals surface area contributed by atoms with E-state index in [9.17, 15) is 14.4 Å². The molecule has 2 aromatic rings. The SMILES string of the molecule is N#CC1=C2SCN(c3ccc(Cl)cc3)CN2C(=O)C[C@@H]1c1ccccc1F. The highest BCUT2D eigenvalue weighted by Gasteiger charge is 2.39. The summed E-state index contributed by atoms with van der Waals surface area (Å²) < 4.78 is 14.3. The first-order chi connectivity index (χ1) is 13.1. The molecule has 0 unspecified atom stereocenters. The number of thioether (sulfide) groups is 1. The highest BCUT2D eigenvalue weighted by molar-refractivity contribution is 8.03. The van der Waals surface area contributed by atoms with Crippen LogP contribution in [0.2, 0.25) is 5.02 Å². The van der Waals surface area contributed by atoms with E-state index in [1.54, 1.807) is 35.2 Å². The molecular weight excluding hydrogens is 385 g/mol. The van der Waals surface area contributed by atoms with Gasteiger partial charge in [-0.15, -0.1) is 0 Å². The second kappa shape index (κ2) is 7.26. The molecule has 4 rings (SSSR count). The average Bonchev–Trinajstić information content (AvgIpc) is 2.69. The van der Waals surface area contributed by atoms with Gasteiger partial charge in [-0.1, -0.05) is 41.6 Å². The summed E-state index contributed by atoms with van der Waals surface area (Å²) in [7, 11) is 0. The molecule has 1 fully saturated rings. The lowest BCUT2D eigenvalue weighted by Gasteiger charge is -2.42. The molecule has 1 amide bonds. The number of nitriles is 1. The number of fused-ring (bicyclic) bond motifs is 1. The van der Waals surface area contributed by atoms with Gasteiger partial charge in [0.05, 0.1) is 29.2 Å². The van der Waals surface area contributed by atoms with E-state index < -0.39 is 5.92 Å². The third kappa shape index (κ3) is 3.29. The first kappa shape index (κ1) is 17.9. The molecule has 2 aliphatic heterocycles. The van der Waals surface area contributed by atoms with E-state index in [4.69, 9.17) is 11.6 Å². The molecule has 0 bridgehead atoms. The summed E-state index contributed by atoms with van der Waals surface area (Å²) in [4.78, 5) is 16.5. The summed E-state index contributed by atoms with van der Waals surface area (Å²) in [5.41, 5.74) is 1.81. The van der Waals surface area contributed by atoms with Crippen molar-refractivity contribution in [1.82, 2.24) is 4.90 Å². The number of allylic oxidation sites excluding steroid dienone is 1. The summed E-state index contributed by atoms with van der Waals surface area (Å²) in [5, 5.41) is 11.0. The van der Waals surface area contributed by atoms with Crippen LogP contribution < -0.4 is 4.90 Å². The van der Waals surface area contributed by atoms with Gasteiger partial charge in [0.25, 0.3) is 0 Å². The minimum atomic E-state index is -0.537. The fraction of sp³-hybridized carbons (Fsp3) is 0.200. The van der Waals surface area contributed by atoms with Crippen molar-refractivity contribution in [1.29, 1.82) is 5.26 Å². The number of carbonyl (C=O) groups excluding carboxylic acids is 1. The number of anilines is 1. The molecule has 0 aromatic heterocycles. The van der Waals surface area contributed by atoms with Crippen LogP contribution in [-0.2, 0) is 4.79 Å². The van der Waals surface area contributed by atoms with Crippen LogP contribution in [0.3, 0.4) is 0 Å². The summed E-state index contributed by atoms with van der Waals surface area (Å²) in [6, 6.07) is 16.0. The second-order valence-electron chi connectivity index (χ2n) is 6.36. The predicted molar refractivity (Wildman–Crippen MR) is 104 cm³/mol. The third-order valence-electron chi connectivity index (χ3n) is 4.77. The van der Waals surface area contributed by atoms with Gasteiger partial charge >= 0.3 is 0 Å². The zero-order chi connectivity index (χ0) is 19.0. The molecule has 2 aliphatic rings. The van der Waals surface area contributed by atoms with Crippen LogP contribution in [0.15, 0.2) is 59.1 Å². The lowest BCUT2D eigenvalue weighted by atomic mass is 9.86. The van der Waals surface area contributed by atoms with Gasteiger partial charge in [0.1, 0.15) is 5.82 Å². The number of rotatable bonds is 2.